The van der Waals surface area contributed by atoms with Crippen LogP contribution >= 0.6 is 0 Å². The fraction of sp³-hybridized carbons (Fsp3) is 0.158. The van der Waals surface area contributed by atoms with Crippen molar-refractivity contribution < 1.29 is 0 Å². The standard InChI is InChI=1S/C19H16N2/c1-19(2)16-6-4-3-5-14(16)15-8-7-13(11-17(15)19)18-9-10-20-12-21-18/h3-12H,1-2H3. The average Bonchev–Trinajstić information content (AvgIpc) is 2.77. The summed E-state index contributed by atoms with van der Waals surface area (Å²) in [6, 6.07) is 17.3. The smallest absolute Gasteiger partial charge is 0.116 e. The maximum absolute atomic E-state index is 4.36. The molecule has 0 spiro atoms. The topological polar surface area (TPSA) is 25.8 Å². The molecular formula is C19H16N2. The summed E-state index contributed by atoms with van der Waals surface area (Å²) in [5, 5.41) is 0. The van der Waals surface area contributed by atoms with Crippen molar-refractivity contribution in [3.63, 3.8) is 0 Å². The number of rotatable bonds is 1. The van der Waals surface area contributed by atoms with Crippen LogP contribution in [0.1, 0.15) is 25.0 Å². The molecule has 3 aromatic rings. The lowest BCUT2D eigenvalue weighted by Crippen LogP contribution is -2.14. The molecule has 21 heavy (non-hydrogen) atoms. The van der Waals surface area contributed by atoms with Gasteiger partial charge >= 0.3 is 0 Å². The molecule has 1 aromatic heterocycles. The Bertz CT molecular complexity index is 820. The van der Waals surface area contributed by atoms with Crippen molar-refractivity contribution in [1.29, 1.82) is 0 Å². The van der Waals surface area contributed by atoms with Gasteiger partial charge in [-0.2, -0.15) is 0 Å². The van der Waals surface area contributed by atoms with Gasteiger partial charge in [-0.3, -0.25) is 0 Å². The van der Waals surface area contributed by atoms with E-state index in [1.54, 1.807) is 12.5 Å². The van der Waals surface area contributed by atoms with Crippen molar-refractivity contribution >= 4 is 0 Å². The lowest BCUT2D eigenvalue weighted by Gasteiger charge is -2.21. The van der Waals surface area contributed by atoms with Gasteiger partial charge in [-0.15, -0.1) is 0 Å². The predicted octanol–water partition coefficient (Wildman–Crippen LogP) is 4.45. The van der Waals surface area contributed by atoms with E-state index in [-0.39, 0.29) is 5.41 Å². The Morgan fingerprint density at radius 3 is 2.48 bits per heavy atom. The second kappa shape index (κ2) is 4.26. The predicted molar refractivity (Wildman–Crippen MR) is 85.0 cm³/mol. The van der Waals surface area contributed by atoms with Crippen molar-refractivity contribution in [2.24, 2.45) is 0 Å². The molecule has 0 bridgehead atoms. The van der Waals surface area contributed by atoms with Crippen molar-refractivity contribution in [2.45, 2.75) is 19.3 Å². The van der Waals surface area contributed by atoms with Gasteiger partial charge < -0.3 is 0 Å². The molecule has 102 valence electrons. The van der Waals surface area contributed by atoms with Crippen LogP contribution in [0.25, 0.3) is 22.4 Å². The molecule has 0 N–H and O–H groups in total. The molecular weight excluding hydrogens is 256 g/mol. The fourth-order valence-electron chi connectivity index (χ4n) is 3.33. The molecule has 0 unspecified atom stereocenters. The van der Waals surface area contributed by atoms with E-state index in [2.05, 4.69) is 66.3 Å². The Hall–Kier alpha value is -2.48. The summed E-state index contributed by atoms with van der Waals surface area (Å²) in [5.74, 6) is 0. The minimum atomic E-state index is 0.0367. The van der Waals surface area contributed by atoms with E-state index in [0.29, 0.717) is 0 Å². The summed E-state index contributed by atoms with van der Waals surface area (Å²) in [5.41, 5.74) is 7.63. The van der Waals surface area contributed by atoms with Crippen LogP contribution < -0.4 is 0 Å². The van der Waals surface area contributed by atoms with Gasteiger partial charge in [0.2, 0.25) is 0 Å². The number of aromatic nitrogens is 2. The number of hydrogen-bond donors (Lipinski definition) is 0. The van der Waals surface area contributed by atoms with Crippen molar-refractivity contribution in [3.05, 3.63) is 72.2 Å². The molecule has 0 atom stereocenters. The molecule has 0 aliphatic heterocycles. The highest BCUT2D eigenvalue weighted by Gasteiger charge is 2.35. The first-order valence-corrected chi connectivity index (χ1v) is 7.19. The van der Waals surface area contributed by atoms with Crippen LogP contribution in [0, 0.1) is 0 Å². The molecule has 4 rings (SSSR count). The maximum atomic E-state index is 4.36. The summed E-state index contributed by atoms with van der Waals surface area (Å²) in [6.45, 7) is 4.59. The molecule has 1 aliphatic carbocycles. The van der Waals surface area contributed by atoms with E-state index in [1.807, 2.05) is 6.07 Å². The van der Waals surface area contributed by atoms with E-state index in [4.69, 9.17) is 0 Å². The molecule has 0 saturated heterocycles. The van der Waals surface area contributed by atoms with Crippen LogP contribution in [0.3, 0.4) is 0 Å². The molecule has 2 nitrogen and oxygen atoms in total. The lowest BCUT2D eigenvalue weighted by atomic mass is 9.82. The number of hydrogen-bond acceptors (Lipinski definition) is 2. The molecule has 2 aromatic carbocycles. The van der Waals surface area contributed by atoms with Crippen LogP contribution in [0.4, 0.5) is 0 Å². The van der Waals surface area contributed by atoms with Gasteiger partial charge in [0.05, 0.1) is 5.69 Å². The summed E-state index contributed by atoms with van der Waals surface area (Å²) in [6.07, 6.45) is 3.39. The van der Waals surface area contributed by atoms with Gasteiger partial charge in [0.15, 0.2) is 0 Å². The van der Waals surface area contributed by atoms with E-state index >= 15 is 0 Å². The molecule has 1 heterocycles. The van der Waals surface area contributed by atoms with E-state index in [0.717, 1.165) is 11.3 Å². The second-order valence-electron chi connectivity index (χ2n) is 6.03. The van der Waals surface area contributed by atoms with Crippen molar-refractivity contribution in [3.8, 4) is 22.4 Å². The van der Waals surface area contributed by atoms with Crippen LogP contribution in [-0.2, 0) is 5.41 Å². The van der Waals surface area contributed by atoms with Crippen molar-refractivity contribution in [1.82, 2.24) is 9.97 Å². The zero-order valence-electron chi connectivity index (χ0n) is 12.2. The lowest BCUT2D eigenvalue weighted by molar-refractivity contribution is 0.660. The molecule has 2 heteroatoms. The number of fused-ring (bicyclic) bond motifs is 3. The third kappa shape index (κ3) is 1.72. The summed E-state index contributed by atoms with van der Waals surface area (Å²) in [4.78, 5) is 8.35. The summed E-state index contributed by atoms with van der Waals surface area (Å²) < 4.78 is 0. The van der Waals surface area contributed by atoms with Crippen LogP contribution in [0.5, 0.6) is 0 Å². The first-order chi connectivity index (χ1) is 10.2. The molecule has 0 fully saturated rings. The monoisotopic (exact) mass is 272 g/mol. The Morgan fingerprint density at radius 1 is 0.857 bits per heavy atom. The highest BCUT2D eigenvalue weighted by atomic mass is 14.8. The Morgan fingerprint density at radius 2 is 1.67 bits per heavy atom. The molecule has 0 radical (unpaired) electrons. The van der Waals surface area contributed by atoms with E-state index in [1.165, 1.54) is 22.3 Å². The van der Waals surface area contributed by atoms with Gasteiger partial charge in [-0.05, 0) is 34.4 Å². The summed E-state index contributed by atoms with van der Waals surface area (Å²) in [7, 11) is 0. The van der Waals surface area contributed by atoms with E-state index in [9.17, 15) is 0 Å². The van der Waals surface area contributed by atoms with Gasteiger partial charge in [0.25, 0.3) is 0 Å². The minimum absolute atomic E-state index is 0.0367. The molecule has 0 amide bonds. The van der Waals surface area contributed by atoms with E-state index < -0.39 is 0 Å². The third-order valence-electron chi connectivity index (χ3n) is 4.46. The Labute approximate surface area is 124 Å². The Balaban J connectivity index is 1.94. The molecule has 1 aliphatic rings. The largest absolute Gasteiger partial charge is 0.245 e. The minimum Gasteiger partial charge on any atom is -0.245 e. The van der Waals surface area contributed by atoms with Gasteiger partial charge in [-0.1, -0.05) is 50.2 Å². The molecule has 0 saturated carbocycles. The van der Waals surface area contributed by atoms with Crippen LogP contribution in [-0.4, -0.2) is 9.97 Å². The average molecular weight is 272 g/mol. The van der Waals surface area contributed by atoms with Gasteiger partial charge in [0, 0.05) is 17.2 Å². The quantitative estimate of drug-likeness (QED) is 0.654. The second-order valence-corrected chi connectivity index (χ2v) is 6.03. The SMILES string of the molecule is CC1(C)c2ccccc2-c2ccc(-c3ccncn3)cc21. The maximum Gasteiger partial charge on any atom is 0.116 e. The zero-order chi connectivity index (χ0) is 14.4. The first-order valence-electron chi connectivity index (χ1n) is 7.19. The normalized spacial score (nSPS) is 14.6. The number of benzene rings is 2. The highest BCUT2D eigenvalue weighted by Crippen LogP contribution is 2.49. The first kappa shape index (κ1) is 12.3. The van der Waals surface area contributed by atoms with Crippen molar-refractivity contribution in [2.75, 3.05) is 0 Å². The van der Waals surface area contributed by atoms with Gasteiger partial charge in [-0.25, -0.2) is 9.97 Å². The zero-order valence-corrected chi connectivity index (χ0v) is 12.2. The number of nitrogens with zero attached hydrogens (tertiary/aromatic N) is 2. The highest BCUT2D eigenvalue weighted by molar-refractivity contribution is 5.83. The van der Waals surface area contributed by atoms with Gasteiger partial charge in [0.1, 0.15) is 6.33 Å². The Kier molecular flexibility index (Phi) is 2.49. The van der Waals surface area contributed by atoms with Crippen LogP contribution in [0.15, 0.2) is 61.1 Å². The summed E-state index contributed by atoms with van der Waals surface area (Å²) >= 11 is 0. The van der Waals surface area contributed by atoms with Crippen LogP contribution in [0.2, 0.25) is 0 Å². The third-order valence-corrected chi connectivity index (χ3v) is 4.46. The fourth-order valence-corrected chi connectivity index (χ4v) is 3.33.